The number of aromatic nitrogens is 1. The molecular formula is C61H42N2O. The van der Waals surface area contributed by atoms with Crippen LogP contribution in [0.15, 0.2) is 223 Å². The predicted octanol–water partition coefficient (Wildman–Crippen LogP) is 16.9. The Morgan fingerprint density at radius 2 is 1.05 bits per heavy atom. The molecule has 12 aromatic rings. The van der Waals surface area contributed by atoms with E-state index in [0.29, 0.717) is 0 Å². The summed E-state index contributed by atoms with van der Waals surface area (Å²) in [4.78, 5) is 2.40. The number of benzene rings is 10. The summed E-state index contributed by atoms with van der Waals surface area (Å²) in [6.45, 7) is 4.70. The van der Waals surface area contributed by atoms with Gasteiger partial charge < -0.3 is 13.9 Å². The first-order chi connectivity index (χ1) is 31.5. The quantitative estimate of drug-likeness (QED) is 0.167. The highest BCUT2D eigenvalue weighted by Crippen LogP contribution is 2.51. The number of para-hydroxylation sites is 3. The minimum atomic E-state index is -0.104. The summed E-state index contributed by atoms with van der Waals surface area (Å²) >= 11 is 0. The number of fused-ring (bicyclic) bond motifs is 11. The van der Waals surface area contributed by atoms with Crippen molar-refractivity contribution >= 4 is 71.6 Å². The molecule has 0 amide bonds. The van der Waals surface area contributed by atoms with Crippen molar-refractivity contribution in [2.75, 3.05) is 4.90 Å². The van der Waals surface area contributed by atoms with Crippen LogP contribution in [-0.4, -0.2) is 4.57 Å². The Balaban J connectivity index is 1.03. The molecule has 302 valence electrons. The molecule has 0 fully saturated rings. The molecule has 3 nitrogen and oxygen atoms in total. The van der Waals surface area contributed by atoms with Crippen molar-refractivity contribution in [3.63, 3.8) is 0 Å². The fraction of sp³-hybridized carbons (Fsp3) is 0.0492. The second-order valence-electron chi connectivity index (χ2n) is 17.7. The molecule has 0 saturated carbocycles. The second kappa shape index (κ2) is 13.9. The lowest BCUT2D eigenvalue weighted by atomic mass is 9.82. The molecule has 0 aliphatic heterocycles. The van der Waals surface area contributed by atoms with Crippen LogP contribution < -0.4 is 4.90 Å². The van der Waals surface area contributed by atoms with Gasteiger partial charge in [0.15, 0.2) is 0 Å². The summed E-state index contributed by atoms with van der Waals surface area (Å²) in [5.41, 5.74) is 18.7. The van der Waals surface area contributed by atoms with Gasteiger partial charge >= 0.3 is 0 Å². The van der Waals surface area contributed by atoms with E-state index in [2.05, 4.69) is 236 Å². The first kappa shape index (κ1) is 36.5. The lowest BCUT2D eigenvalue weighted by Crippen LogP contribution is -2.16. The average molecular weight is 819 g/mol. The first-order valence-electron chi connectivity index (χ1n) is 22.2. The van der Waals surface area contributed by atoms with Crippen LogP contribution in [0, 0.1) is 0 Å². The molecule has 1 aliphatic carbocycles. The number of rotatable bonds is 6. The highest BCUT2D eigenvalue weighted by Gasteiger charge is 2.35. The van der Waals surface area contributed by atoms with Crippen molar-refractivity contribution in [2.24, 2.45) is 0 Å². The maximum Gasteiger partial charge on any atom is 0.136 e. The minimum Gasteiger partial charge on any atom is -0.456 e. The van der Waals surface area contributed by atoms with E-state index in [1.54, 1.807) is 0 Å². The van der Waals surface area contributed by atoms with Crippen LogP contribution in [0.5, 0.6) is 0 Å². The third-order valence-corrected chi connectivity index (χ3v) is 13.8. The van der Waals surface area contributed by atoms with Gasteiger partial charge in [0.25, 0.3) is 0 Å². The van der Waals surface area contributed by atoms with E-state index >= 15 is 0 Å². The number of hydrogen-bond acceptors (Lipinski definition) is 2. The van der Waals surface area contributed by atoms with Crippen molar-refractivity contribution in [3.05, 3.63) is 230 Å². The fourth-order valence-electron chi connectivity index (χ4n) is 10.8. The highest BCUT2D eigenvalue weighted by atomic mass is 16.3. The van der Waals surface area contributed by atoms with Gasteiger partial charge in [-0.15, -0.1) is 0 Å². The van der Waals surface area contributed by atoms with Crippen molar-refractivity contribution in [3.8, 4) is 39.1 Å². The molecule has 0 spiro atoms. The Labute approximate surface area is 371 Å². The molecule has 3 heteroatoms. The maximum atomic E-state index is 6.38. The van der Waals surface area contributed by atoms with Gasteiger partial charge in [0.05, 0.1) is 11.0 Å². The normalized spacial score (nSPS) is 13.0. The molecule has 2 heterocycles. The van der Waals surface area contributed by atoms with E-state index < -0.39 is 0 Å². The lowest BCUT2D eigenvalue weighted by Gasteiger charge is -2.28. The molecule has 0 radical (unpaired) electrons. The Morgan fingerprint density at radius 1 is 0.406 bits per heavy atom. The lowest BCUT2D eigenvalue weighted by molar-refractivity contribution is 0.660. The summed E-state index contributed by atoms with van der Waals surface area (Å²) in [5, 5.41) is 7.14. The zero-order chi connectivity index (χ0) is 42.5. The van der Waals surface area contributed by atoms with Gasteiger partial charge in [-0.3, -0.25) is 0 Å². The van der Waals surface area contributed by atoms with E-state index in [1.807, 2.05) is 6.07 Å². The maximum absolute atomic E-state index is 6.38. The minimum absolute atomic E-state index is 0.104. The SMILES string of the molecule is CC1(C)c2ccccc2-c2ccc(N(c3ccccc3)c3ccc(-c4cc5ccccc5c5c4c4cc(-c6cccc7oc8ccccc8c67)ccc4n5-c4ccccc4)cc3)cc21. The number of hydrogen-bond donors (Lipinski definition) is 0. The standard InChI is InChI=1S/C61H42N2O/c1-61(2)53-25-13-11-22-48(53)49-34-33-45(38-54(49)61)62(42-17-5-3-6-18-42)44-31-28-39(29-32-44)51-36-40-16-9-10-21-47(40)60-59(51)52-37-41(30-35-55(52)63(60)43-19-7-4-8-20-43)46-24-15-27-57-58(46)50-23-12-14-26-56(50)64-57/h3-38H,1-2H3. The highest BCUT2D eigenvalue weighted by molar-refractivity contribution is 6.25. The van der Waals surface area contributed by atoms with Gasteiger partial charge in [-0.25, -0.2) is 0 Å². The molecule has 2 aromatic heterocycles. The number of nitrogens with zero attached hydrogens (tertiary/aromatic N) is 2. The van der Waals surface area contributed by atoms with Gasteiger partial charge in [0.2, 0.25) is 0 Å². The van der Waals surface area contributed by atoms with Crippen LogP contribution in [0.4, 0.5) is 17.1 Å². The molecule has 0 unspecified atom stereocenters. The van der Waals surface area contributed by atoms with E-state index in [-0.39, 0.29) is 5.41 Å². The predicted molar refractivity (Wildman–Crippen MR) is 269 cm³/mol. The van der Waals surface area contributed by atoms with Gasteiger partial charge in [-0.1, -0.05) is 153 Å². The van der Waals surface area contributed by atoms with Gasteiger partial charge in [0, 0.05) is 55.1 Å². The molecular weight excluding hydrogens is 777 g/mol. The summed E-state index contributed by atoms with van der Waals surface area (Å²) in [5.74, 6) is 0. The van der Waals surface area contributed by atoms with Crippen LogP contribution in [0.2, 0.25) is 0 Å². The van der Waals surface area contributed by atoms with E-state index in [9.17, 15) is 0 Å². The molecule has 0 N–H and O–H groups in total. The average Bonchev–Trinajstić information content (AvgIpc) is 3.98. The van der Waals surface area contributed by atoms with Crippen LogP contribution in [0.1, 0.15) is 25.0 Å². The van der Waals surface area contributed by atoms with Crippen molar-refractivity contribution in [2.45, 2.75) is 19.3 Å². The summed E-state index contributed by atoms with van der Waals surface area (Å²) in [6.07, 6.45) is 0. The molecule has 64 heavy (non-hydrogen) atoms. The summed E-state index contributed by atoms with van der Waals surface area (Å²) in [7, 11) is 0. The molecule has 0 atom stereocenters. The molecule has 13 rings (SSSR count). The van der Waals surface area contributed by atoms with Gasteiger partial charge in [-0.2, -0.15) is 0 Å². The number of furan rings is 1. The second-order valence-corrected chi connectivity index (χ2v) is 17.7. The molecule has 0 bridgehead atoms. The Hall–Kier alpha value is -8.14. The van der Waals surface area contributed by atoms with Crippen molar-refractivity contribution in [1.82, 2.24) is 4.57 Å². The Morgan fingerprint density at radius 3 is 1.89 bits per heavy atom. The fourth-order valence-corrected chi connectivity index (χ4v) is 10.8. The van der Waals surface area contributed by atoms with Crippen LogP contribution in [0.3, 0.4) is 0 Å². The number of anilines is 3. The smallest absolute Gasteiger partial charge is 0.136 e. The first-order valence-corrected chi connectivity index (χ1v) is 22.2. The molecule has 10 aromatic carbocycles. The van der Waals surface area contributed by atoms with Crippen LogP contribution in [-0.2, 0) is 5.41 Å². The topological polar surface area (TPSA) is 21.3 Å². The van der Waals surface area contributed by atoms with Crippen molar-refractivity contribution in [1.29, 1.82) is 0 Å². The molecule has 1 aliphatic rings. The molecule has 0 saturated heterocycles. The van der Waals surface area contributed by atoms with Crippen LogP contribution >= 0.6 is 0 Å². The monoisotopic (exact) mass is 818 g/mol. The van der Waals surface area contributed by atoms with Gasteiger partial charge in [0.1, 0.15) is 11.2 Å². The van der Waals surface area contributed by atoms with E-state index in [0.717, 1.165) is 55.8 Å². The summed E-state index contributed by atoms with van der Waals surface area (Å²) in [6, 6.07) is 79.7. The Bertz CT molecular complexity index is 3800. The summed E-state index contributed by atoms with van der Waals surface area (Å²) < 4.78 is 8.84. The Kier molecular flexibility index (Phi) is 7.95. The largest absolute Gasteiger partial charge is 0.456 e. The van der Waals surface area contributed by atoms with Crippen LogP contribution in [0.25, 0.3) is 93.6 Å². The third-order valence-electron chi connectivity index (χ3n) is 13.8. The van der Waals surface area contributed by atoms with Gasteiger partial charge in [-0.05, 0) is 129 Å². The zero-order valence-corrected chi connectivity index (χ0v) is 35.6. The van der Waals surface area contributed by atoms with E-state index in [4.69, 9.17) is 4.42 Å². The third kappa shape index (κ3) is 5.41. The van der Waals surface area contributed by atoms with E-state index in [1.165, 1.54) is 66.0 Å². The zero-order valence-electron chi connectivity index (χ0n) is 35.6. The van der Waals surface area contributed by atoms with Crippen molar-refractivity contribution < 1.29 is 4.42 Å².